The first-order valence-corrected chi connectivity index (χ1v) is 11.5. The molecule has 30 heavy (non-hydrogen) atoms. The maximum absolute atomic E-state index is 5.49. The van der Waals surface area contributed by atoms with Crippen LogP contribution in [0.4, 0.5) is 17.5 Å². The van der Waals surface area contributed by atoms with Gasteiger partial charge in [0.1, 0.15) is 5.82 Å². The Morgan fingerprint density at radius 1 is 1.07 bits per heavy atom. The summed E-state index contributed by atoms with van der Waals surface area (Å²) in [6, 6.07) is 10.8. The maximum Gasteiger partial charge on any atom is 0.231 e. The minimum Gasteiger partial charge on any atom is -0.372 e. The molecule has 0 aliphatic carbocycles. The van der Waals surface area contributed by atoms with Crippen molar-refractivity contribution in [1.82, 2.24) is 15.3 Å². The van der Waals surface area contributed by atoms with Gasteiger partial charge in [0.15, 0.2) is 5.11 Å². The Morgan fingerprint density at radius 3 is 2.53 bits per heavy atom. The smallest absolute Gasteiger partial charge is 0.231 e. The Balaban J connectivity index is 1.32. The van der Waals surface area contributed by atoms with Crippen molar-refractivity contribution in [2.75, 3.05) is 41.3 Å². The molecule has 2 aliphatic rings. The van der Waals surface area contributed by atoms with Crippen molar-refractivity contribution in [1.29, 1.82) is 0 Å². The lowest BCUT2D eigenvalue weighted by Gasteiger charge is -2.32. The number of nitrogens with zero attached hydrogens (tertiary/aromatic N) is 4. The molecule has 0 unspecified atom stereocenters. The van der Waals surface area contributed by atoms with E-state index in [1.54, 1.807) is 0 Å². The van der Waals surface area contributed by atoms with Gasteiger partial charge in [0.25, 0.3) is 0 Å². The summed E-state index contributed by atoms with van der Waals surface area (Å²) < 4.78 is 0. The lowest BCUT2D eigenvalue weighted by Crippen LogP contribution is -2.35. The Kier molecular flexibility index (Phi) is 6.67. The first kappa shape index (κ1) is 20.8. The third-order valence-corrected chi connectivity index (χ3v) is 6.15. The zero-order chi connectivity index (χ0) is 20.9. The minimum atomic E-state index is 0.544. The van der Waals surface area contributed by atoms with Crippen molar-refractivity contribution in [3.63, 3.8) is 0 Å². The SMILES string of the molecule is Cc1cc(N2CCC[C@H](C)C2)nc(NC(=S)NCc2ccc(N3CCCC3)cc2)n1. The second kappa shape index (κ2) is 9.60. The van der Waals surface area contributed by atoms with E-state index >= 15 is 0 Å². The molecule has 2 fully saturated rings. The van der Waals surface area contributed by atoms with Crippen LogP contribution in [0.2, 0.25) is 0 Å². The molecule has 2 aromatic rings. The van der Waals surface area contributed by atoms with Crippen LogP contribution in [0.15, 0.2) is 30.3 Å². The van der Waals surface area contributed by atoms with E-state index in [0.717, 1.165) is 24.6 Å². The molecule has 6 nitrogen and oxygen atoms in total. The summed E-state index contributed by atoms with van der Waals surface area (Å²) in [5, 5.41) is 6.98. The number of aryl methyl sites for hydroxylation is 1. The highest BCUT2D eigenvalue weighted by atomic mass is 32.1. The summed E-state index contributed by atoms with van der Waals surface area (Å²) in [6.45, 7) is 9.41. The van der Waals surface area contributed by atoms with E-state index in [1.807, 2.05) is 6.92 Å². The van der Waals surface area contributed by atoms with Crippen molar-refractivity contribution in [3.05, 3.63) is 41.6 Å². The molecule has 3 heterocycles. The van der Waals surface area contributed by atoms with Crippen LogP contribution in [0, 0.1) is 12.8 Å². The zero-order valence-corrected chi connectivity index (χ0v) is 18.8. The quantitative estimate of drug-likeness (QED) is 0.701. The van der Waals surface area contributed by atoms with Crippen molar-refractivity contribution in [3.8, 4) is 0 Å². The number of piperidine rings is 1. The van der Waals surface area contributed by atoms with Crippen LogP contribution in [-0.2, 0) is 6.54 Å². The van der Waals surface area contributed by atoms with Gasteiger partial charge in [-0.25, -0.2) is 4.98 Å². The van der Waals surface area contributed by atoms with Crippen LogP contribution in [0.3, 0.4) is 0 Å². The molecule has 0 bridgehead atoms. The Hall–Kier alpha value is -2.41. The van der Waals surface area contributed by atoms with Gasteiger partial charge in [-0.1, -0.05) is 19.1 Å². The largest absolute Gasteiger partial charge is 0.372 e. The fourth-order valence-corrected chi connectivity index (χ4v) is 4.46. The van der Waals surface area contributed by atoms with Crippen LogP contribution in [0.25, 0.3) is 0 Å². The number of hydrogen-bond donors (Lipinski definition) is 2. The van der Waals surface area contributed by atoms with Gasteiger partial charge in [-0.3, -0.25) is 0 Å². The average Bonchev–Trinajstić information content (AvgIpc) is 3.27. The summed E-state index contributed by atoms with van der Waals surface area (Å²) in [5.74, 6) is 2.24. The van der Waals surface area contributed by atoms with Crippen molar-refractivity contribution in [2.24, 2.45) is 5.92 Å². The van der Waals surface area contributed by atoms with Crippen molar-refractivity contribution >= 4 is 34.8 Å². The number of anilines is 3. The molecule has 2 saturated heterocycles. The van der Waals surface area contributed by atoms with E-state index in [4.69, 9.17) is 17.2 Å². The molecule has 1 aromatic carbocycles. The van der Waals surface area contributed by atoms with Gasteiger partial charge in [0.2, 0.25) is 5.95 Å². The highest BCUT2D eigenvalue weighted by Gasteiger charge is 2.19. The first-order chi connectivity index (χ1) is 14.6. The van der Waals surface area contributed by atoms with Crippen molar-refractivity contribution < 1.29 is 0 Å². The summed E-state index contributed by atoms with van der Waals surface area (Å²) in [6.07, 6.45) is 5.09. The monoisotopic (exact) mass is 424 g/mol. The Morgan fingerprint density at radius 2 is 1.80 bits per heavy atom. The van der Waals surface area contributed by atoms with E-state index in [-0.39, 0.29) is 0 Å². The van der Waals surface area contributed by atoms with E-state index in [0.29, 0.717) is 23.5 Å². The van der Waals surface area contributed by atoms with Crippen LogP contribution >= 0.6 is 12.2 Å². The Bertz CT molecular complexity index is 862. The van der Waals surface area contributed by atoms with E-state index in [1.165, 1.54) is 50.0 Å². The predicted molar refractivity (Wildman–Crippen MR) is 128 cm³/mol. The molecule has 4 rings (SSSR count). The number of benzene rings is 1. The van der Waals surface area contributed by atoms with E-state index < -0.39 is 0 Å². The maximum atomic E-state index is 5.49. The molecular formula is C23H32N6S. The second-order valence-electron chi connectivity index (χ2n) is 8.55. The van der Waals surface area contributed by atoms with Crippen LogP contribution in [0.1, 0.15) is 43.9 Å². The summed E-state index contributed by atoms with van der Waals surface area (Å²) >= 11 is 5.49. The molecule has 0 spiro atoms. The minimum absolute atomic E-state index is 0.544. The van der Waals surface area contributed by atoms with Gasteiger partial charge in [0.05, 0.1) is 0 Å². The van der Waals surface area contributed by atoms with Crippen LogP contribution in [-0.4, -0.2) is 41.3 Å². The normalized spacial score (nSPS) is 19.1. The summed E-state index contributed by atoms with van der Waals surface area (Å²) in [7, 11) is 0. The molecule has 160 valence electrons. The second-order valence-corrected chi connectivity index (χ2v) is 8.96. The third kappa shape index (κ3) is 5.39. The fraction of sp³-hybridized carbons (Fsp3) is 0.522. The van der Waals surface area contributed by atoms with Crippen LogP contribution < -0.4 is 20.4 Å². The van der Waals surface area contributed by atoms with Gasteiger partial charge in [-0.2, -0.15) is 4.98 Å². The van der Waals surface area contributed by atoms with Gasteiger partial charge in [-0.15, -0.1) is 0 Å². The lowest BCUT2D eigenvalue weighted by molar-refractivity contribution is 0.444. The molecule has 0 saturated carbocycles. The van der Waals surface area contributed by atoms with Gasteiger partial charge >= 0.3 is 0 Å². The highest BCUT2D eigenvalue weighted by Crippen LogP contribution is 2.23. The molecule has 2 aliphatic heterocycles. The third-order valence-electron chi connectivity index (χ3n) is 5.91. The molecule has 7 heteroatoms. The van der Waals surface area contributed by atoms with Crippen LogP contribution in [0.5, 0.6) is 0 Å². The topological polar surface area (TPSA) is 56.3 Å². The highest BCUT2D eigenvalue weighted by molar-refractivity contribution is 7.80. The molecule has 1 atom stereocenters. The summed E-state index contributed by atoms with van der Waals surface area (Å²) in [4.78, 5) is 14.0. The summed E-state index contributed by atoms with van der Waals surface area (Å²) in [5.41, 5.74) is 3.46. The number of rotatable bonds is 5. The molecular weight excluding hydrogens is 392 g/mol. The number of hydrogen-bond acceptors (Lipinski definition) is 5. The van der Waals surface area contributed by atoms with Crippen molar-refractivity contribution in [2.45, 2.75) is 46.1 Å². The molecule has 0 radical (unpaired) electrons. The fourth-order valence-electron chi connectivity index (χ4n) is 4.30. The van der Waals surface area contributed by atoms with Gasteiger partial charge < -0.3 is 20.4 Å². The number of thiocarbonyl (C=S) groups is 1. The number of nitrogens with one attached hydrogen (secondary N) is 2. The zero-order valence-electron chi connectivity index (χ0n) is 18.0. The standard InChI is InChI=1S/C23H32N6S/c1-17-6-5-13-29(16-17)21-14-18(2)25-22(26-21)27-23(30)24-15-19-7-9-20(10-8-19)28-11-3-4-12-28/h7-10,14,17H,3-6,11-13,15-16H2,1-2H3,(H2,24,25,26,27,30)/t17-/m0/s1. The Labute approximate surface area is 185 Å². The van der Waals surface area contributed by atoms with Gasteiger partial charge in [-0.05, 0) is 68.4 Å². The molecule has 2 N–H and O–H groups in total. The predicted octanol–water partition coefficient (Wildman–Crippen LogP) is 4.11. The first-order valence-electron chi connectivity index (χ1n) is 11.1. The number of aromatic nitrogens is 2. The average molecular weight is 425 g/mol. The lowest BCUT2D eigenvalue weighted by atomic mass is 10.0. The van der Waals surface area contributed by atoms with Gasteiger partial charge in [0, 0.05) is 50.2 Å². The van der Waals surface area contributed by atoms with E-state index in [2.05, 4.69) is 62.7 Å². The molecule has 0 amide bonds. The molecule has 1 aromatic heterocycles. The van der Waals surface area contributed by atoms with E-state index in [9.17, 15) is 0 Å².